The van der Waals surface area contributed by atoms with Crippen molar-refractivity contribution in [1.29, 1.82) is 0 Å². The Morgan fingerprint density at radius 3 is 2.57 bits per heavy atom. The van der Waals surface area contributed by atoms with Gasteiger partial charge in [-0.1, -0.05) is 13.8 Å². The van der Waals surface area contributed by atoms with Gasteiger partial charge in [0.2, 0.25) is 5.91 Å². The SMILES string of the molecule is CCCC(=O)N[C@H]1CCCN(c2ccc(S(=O)(=O)CC)cc2)C1. The van der Waals surface area contributed by atoms with Crippen LogP contribution in [0.25, 0.3) is 0 Å². The molecule has 1 amide bonds. The molecule has 0 saturated carbocycles. The van der Waals surface area contributed by atoms with E-state index in [1.807, 2.05) is 19.1 Å². The third-order valence-electron chi connectivity index (χ3n) is 4.20. The maximum atomic E-state index is 11.9. The molecule has 1 aliphatic rings. The average Bonchev–Trinajstić information content (AvgIpc) is 2.55. The summed E-state index contributed by atoms with van der Waals surface area (Å²) in [5.41, 5.74) is 1.01. The fourth-order valence-corrected chi connectivity index (χ4v) is 3.77. The highest BCUT2D eigenvalue weighted by Crippen LogP contribution is 2.22. The van der Waals surface area contributed by atoms with Gasteiger partial charge in [0.15, 0.2) is 9.84 Å². The zero-order chi connectivity index (χ0) is 16.9. The molecule has 1 aromatic carbocycles. The zero-order valence-electron chi connectivity index (χ0n) is 13.9. The van der Waals surface area contributed by atoms with E-state index in [2.05, 4.69) is 10.2 Å². The Labute approximate surface area is 139 Å². The Bertz CT molecular complexity index is 626. The molecule has 0 aromatic heterocycles. The molecule has 1 fully saturated rings. The summed E-state index contributed by atoms with van der Waals surface area (Å²) >= 11 is 0. The first-order valence-electron chi connectivity index (χ1n) is 8.33. The predicted octanol–water partition coefficient (Wildman–Crippen LogP) is 2.37. The molecule has 1 saturated heterocycles. The number of rotatable bonds is 6. The largest absolute Gasteiger partial charge is 0.369 e. The predicted molar refractivity (Wildman–Crippen MR) is 92.5 cm³/mol. The first-order valence-corrected chi connectivity index (χ1v) is 9.98. The monoisotopic (exact) mass is 338 g/mol. The molecule has 0 unspecified atom stereocenters. The van der Waals surface area contributed by atoms with Crippen molar-refractivity contribution in [2.24, 2.45) is 0 Å². The van der Waals surface area contributed by atoms with Crippen molar-refractivity contribution in [1.82, 2.24) is 5.32 Å². The molecule has 2 rings (SSSR count). The topological polar surface area (TPSA) is 66.5 Å². The van der Waals surface area contributed by atoms with Crippen LogP contribution in [0.4, 0.5) is 5.69 Å². The van der Waals surface area contributed by atoms with E-state index in [-0.39, 0.29) is 17.7 Å². The first kappa shape index (κ1) is 17.8. The van der Waals surface area contributed by atoms with Gasteiger partial charge in [-0.05, 0) is 43.5 Å². The highest BCUT2D eigenvalue weighted by Gasteiger charge is 2.22. The van der Waals surface area contributed by atoms with Crippen LogP contribution in [0.2, 0.25) is 0 Å². The normalized spacial score (nSPS) is 18.7. The standard InChI is InChI=1S/C17H26N2O3S/c1-3-6-17(20)18-14-7-5-12-19(13-14)15-8-10-16(11-9-15)23(21,22)4-2/h8-11,14H,3-7,12-13H2,1-2H3,(H,18,20)/t14-/m0/s1. The number of carbonyl (C=O) groups excluding carboxylic acids is 1. The number of nitrogens with one attached hydrogen (secondary N) is 1. The number of hydrogen-bond donors (Lipinski definition) is 1. The van der Waals surface area contributed by atoms with Crippen molar-refractivity contribution in [2.45, 2.75) is 50.5 Å². The van der Waals surface area contributed by atoms with E-state index in [1.54, 1.807) is 19.1 Å². The molecule has 6 heteroatoms. The minimum atomic E-state index is -3.15. The number of carbonyl (C=O) groups is 1. The summed E-state index contributed by atoms with van der Waals surface area (Å²) in [5.74, 6) is 0.227. The van der Waals surface area contributed by atoms with E-state index >= 15 is 0 Å². The van der Waals surface area contributed by atoms with Crippen molar-refractivity contribution < 1.29 is 13.2 Å². The van der Waals surface area contributed by atoms with E-state index < -0.39 is 9.84 Å². The Balaban J connectivity index is 2.02. The molecular formula is C17H26N2O3S. The van der Waals surface area contributed by atoms with E-state index in [9.17, 15) is 13.2 Å². The highest BCUT2D eigenvalue weighted by molar-refractivity contribution is 7.91. The van der Waals surface area contributed by atoms with Crippen LogP contribution < -0.4 is 10.2 Å². The quantitative estimate of drug-likeness (QED) is 0.865. The van der Waals surface area contributed by atoms with Crippen molar-refractivity contribution in [3.8, 4) is 0 Å². The molecule has 0 aliphatic carbocycles. The summed E-state index contributed by atoms with van der Waals surface area (Å²) in [5, 5.41) is 3.09. The van der Waals surface area contributed by atoms with E-state index in [1.165, 1.54) is 0 Å². The highest BCUT2D eigenvalue weighted by atomic mass is 32.2. The van der Waals surface area contributed by atoms with Crippen LogP contribution >= 0.6 is 0 Å². The van der Waals surface area contributed by atoms with Crippen molar-refractivity contribution in [3.63, 3.8) is 0 Å². The van der Waals surface area contributed by atoms with Gasteiger partial charge in [-0.3, -0.25) is 4.79 Å². The summed E-state index contributed by atoms with van der Waals surface area (Å²) in [6, 6.07) is 7.24. The van der Waals surface area contributed by atoms with Gasteiger partial charge in [-0.25, -0.2) is 8.42 Å². The number of nitrogens with zero attached hydrogens (tertiary/aromatic N) is 1. The lowest BCUT2D eigenvalue weighted by atomic mass is 10.0. The summed E-state index contributed by atoms with van der Waals surface area (Å²) in [4.78, 5) is 14.3. The van der Waals surface area contributed by atoms with Crippen LogP contribution in [0.1, 0.15) is 39.5 Å². The molecule has 1 atom stereocenters. The van der Waals surface area contributed by atoms with Crippen LogP contribution in [0.5, 0.6) is 0 Å². The van der Waals surface area contributed by atoms with Crippen molar-refractivity contribution in [3.05, 3.63) is 24.3 Å². The second kappa shape index (κ2) is 7.81. The Hall–Kier alpha value is -1.56. The van der Waals surface area contributed by atoms with Gasteiger partial charge in [0.05, 0.1) is 10.6 Å². The number of hydrogen-bond acceptors (Lipinski definition) is 4. The summed E-state index contributed by atoms with van der Waals surface area (Å²) in [6.07, 6.45) is 3.44. The van der Waals surface area contributed by atoms with Gasteiger partial charge in [0.25, 0.3) is 0 Å². The summed E-state index contributed by atoms with van der Waals surface area (Å²) < 4.78 is 23.7. The third kappa shape index (κ3) is 4.70. The number of benzene rings is 1. The van der Waals surface area contributed by atoms with E-state index in [4.69, 9.17) is 0 Å². The molecule has 23 heavy (non-hydrogen) atoms. The lowest BCUT2D eigenvalue weighted by Crippen LogP contribution is -2.47. The number of anilines is 1. The minimum Gasteiger partial charge on any atom is -0.369 e. The Kier molecular flexibility index (Phi) is 6.04. The number of sulfone groups is 1. The van der Waals surface area contributed by atoms with Gasteiger partial charge < -0.3 is 10.2 Å². The second-order valence-corrected chi connectivity index (χ2v) is 8.28. The van der Waals surface area contributed by atoms with Crippen molar-refractivity contribution >= 4 is 21.4 Å². The Morgan fingerprint density at radius 1 is 1.26 bits per heavy atom. The molecule has 128 valence electrons. The maximum Gasteiger partial charge on any atom is 0.220 e. The minimum absolute atomic E-state index is 0.113. The van der Waals surface area contributed by atoms with Gasteiger partial charge >= 0.3 is 0 Å². The molecule has 5 nitrogen and oxygen atoms in total. The van der Waals surface area contributed by atoms with Crippen LogP contribution in [-0.4, -0.2) is 39.2 Å². The zero-order valence-corrected chi connectivity index (χ0v) is 14.7. The van der Waals surface area contributed by atoms with Gasteiger partial charge in [0, 0.05) is 31.2 Å². The average molecular weight is 338 g/mol. The van der Waals surface area contributed by atoms with Gasteiger partial charge in [-0.2, -0.15) is 0 Å². The second-order valence-electron chi connectivity index (χ2n) is 6.00. The molecule has 0 spiro atoms. The number of amides is 1. The van der Waals surface area contributed by atoms with Crippen LogP contribution in [0, 0.1) is 0 Å². The fraction of sp³-hybridized carbons (Fsp3) is 0.588. The van der Waals surface area contributed by atoms with Gasteiger partial charge in [-0.15, -0.1) is 0 Å². The van der Waals surface area contributed by atoms with Crippen LogP contribution in [-0.2, 0) is 14.6 Å². The summed E-state index contributed by atoms with van der Waals surface area (Å²) in [6.45, 7) is 5.35. The smallest absolute Gasteiger partial charge is 0.220 e. The molecule has 0 bridgehead atoms. The summed E-state index contributed by atoms with van der Waals surface area (Å²) in [7, 11) is -3.15. The maximum absolute atomic E-state index is 11.9. The molecule has 1 heterocycles. The van der Waals surface area contributed by atoms with Crippen molar-refractivity contribution in [2.75, 3.05) is 23.7 Å². The molecule has 1 N–H and O–H groups in total. The fourth-order valence-electron chi connectivity index (χ4n) is 2.89. The number of piperidine rings is 1. The van der Waals surface area contributed by atoms with E-state index in [0.717, 1.165) is 38.0 Å². The van der Waals surface area contributed by atoms with Gasteiger partial charge in [0.1, 0.15) is 0 Å². The third-order valence-corrected chi connectivity index (χ3v) is 5.96. The lowest BCUT2D eigenvalue weighted by molar-refractivity contribution is -0.121. The Morgan fingerprint density at radius 2 is 1.96 bits per heavy atom. The molecule has 1 aromatic rings. The molecular weight excluding hydrogens is 312 g/mol. The molecule has 1 aliphatic heterocycles. The first-order chi connectivity index (χ1) is 11.0. The van der Waals surface area contributed by atoms with Crippen LogP contribution in [0.15, 0.2) is 29.2 Å². The van der Waals surface area contributed by atoms with Crippen LogP contribution in [0.3, 0.4) is 0 Å². The lowest BCUT2D eigenvalue weighted by Gasteiger charge is -2.35. The molecule has 0 radical (unpaired) electrons. The van der Waals surface area contributed by atoms with E-state index in [0.29, 0.717) is 11.3 Å².